The van der Waals surface area contributed by atoms with Gasteiger partial charge in [-0.25, -0.2) is 0 Å². The van der Waals surface area contributed by atoms with E-state index in [1.165, 1.54) is 24.8 Å². The molecule has 0 amide bonds. The molecule has 0 saturated carbocycles. The van der Waals surface area contributed by atoms with E-state index in [4.69, 9.17) is 0 Å². The minimum Gasteiger partial charge on any atom is -0.0622 e. The monoisotopic (exact) mass is 208 g/mol. The van der Waals surface area contributed by atoms with E-state index in [1.807, 2.05) is 0 Å². The molecule has 2 aromatic rings. The van der Waals surface area contributed by atoms with Gasteiger partial charge < -0.3 is 0 Å². The minimum absolute atomic E-state index is 0.617. The number of hydrogen-bond acceptors (Lipinski definition) is 0. The van der Waals surface area contributed by atoms with Gasteiger partial charge in [0.25, 0.3) is 0 Å². The van der Waals surface area contributed by atoms with Crippen molar-refractivity contribution in [2.45, 2.75) is 25.2 Å². The Balaban J connectivity index is 2.05. The molecule has 0 heteroatoms. The SMILES string of the molecule is c1ccc(C2CCCc3ccccc32)cc1. The molecule has 16 heavy (non-hydrogen) atoms. The molecule has 0 nitrogen and oxygen atoms in total. The zero-order chi connectivity index (χ0) is 10.8. The first-order valence-corrected chi connectivity index (χ1v) is 6.08. The van der Waals surface area contributed by atoms with Crippen LogP contribution in [0.5, 0.6) is 0 Å². The van der Waals surface area contributed by atoms with Crippen molar-refractivity contribution in [3.8, 4) is 0 Å². The van der Waals surface area contributed by atoms with Gasteiger partial charge in [0.05, 0.1) is 0 Å². The Kier molecular flexibility index (Phi) is 2.49. The molecule has 0 fully saturated rings. The summed E-state index contributed by atoms with van der Waals surface area (Å²) in [5, 5.41) is 0. The molecule has 0 spiro atoms. The van der Waals surface area contributed by atoms with E-state index in [9.17, 15) is 0 Å². The summed E-state index contributed by atoms with van der Waals surface area (Å²) in [5.74, 6) is 0.617. The topological polar surface area (TPSA) is 0 Å². The summed E-state index contributed by atoms with van der Waals surface area (Å²) in [5.41, 5.74) is 4.55. The highest BCUT2D eigenvalue weighted by Crippen LogP contribution is 2.36. The van der Waals surface area contributed by atoms with Crippen LogP contribution < -0.4 is 0 Å². The molecular weight excluding hydrogens is 192 g/mol. The number of benzene rings is 2. The van der Waals surface area contributed by atoms with Gasteiger partial charge in [0.1, 0.15) is 0 Å². The highest BCUT2D eigenvalue weighted by atomic mass is 14.2. The molecule has 80 valence electrons. The molecule has 0 bridgehead atoms. The van der Waals surface area contributed by atoms with Crippen molar-refractivity contribution in [2.24, 2.45) is 0 Å². The Morgan fingerprint density at radius 2 is 1.56 bits per heavy atom. The number of aryl methyl sites for hydroxylation is 1. The Bertz CT molecular complexity index is 470. The second-order valence-corrected chi connectivity index (χ2v) is 4.55. The maximum atomic E-state index is 2.30. The smallest absolute Gasteiger partial charge is 0.00921 e. The normalized spacial score (nSPS) is 19.1. The molecule has 0 saturated heterocycles. The van der Waals surface area contributed by atoms with Crippen LogP contribution >= 0.6 is 0 Å². The molecule has 1 unspecified atom stereocenters. The van der Waals surface area contributed by atoms with Gasteiger partial charge in [-0.1, -0.05) is 54.6 Å². The van der Waals surface area contributed by atoms with Crippen LogP contribution in [0.15, 0.2) is 54.6 Å². The van der Waals surface area contributed by atoms with E-state index in [-0.39, 0.29) is 0 Å². The molecule has 1 atom stereocenters. The van der Waals surface area contributed by atoms with E-state index >= 15 is 0 Å². The predicted octanol–water partition coefficient (Wildman–Crippen LogP) is 4.15. The van der Waals surface area contributed by atoms with Crippen LogP contribution in [0.2, 0.25) is 0 Å². The van der Waals surface area contributed by atoms with Gasteiger partial charge >= 0.3 is 0 Å². The van der Waals surface area contributed by atoms with Gasteiger partial charge in [-0.05, 0) is 36.0 Å². The van der Waals surface area contributed by atoms with Crippen LogP contribution in [0, 0.1) is 0 Å². The zero-order valence-electron chi connectivity index (χ0n) is 9.39. The number of hydrogen-bond donors (Lipinski definition) is 0. The zero-order valence-corrected chi connectivity index (χ0v) is 9.39. The Labute approximate surface area is 96.9 Å². The van der Waals surface area contributed by atoms with Gasteiger partial charge in [0.2, 0.25) is 0 Å². The number of fused-ring (bicyclic) bond motifs is 1. The molecule has 2 aromatic carbocycles. The quantitative estimate of drug-likeness (QED) is 0.660. The Morgan fingerprint density at radius 1 is 0.812 bits per heavy atom. The molecule has 0 radical (unpaired) electrons. The van der Waals surface area contributed by atoms with Crippen molar-refractivity contribution in [1.29, 1.82) is 0 Å². The molecular formula is C16H16. The summed E-state index contributed by atoms with van der Waals surface area (Å²) in [7, 11) is 0. The first-order chi connectivity index (χ1) is 7.95. The molecule has 1 aliphatic carbocycles. The molecule has 3 rings (SSSR count). The molecule has 0 N–H and O–H groups in total. The van der Waals surface area contributed by atoms with Crippen LogP contribution in [0.1, 0.15) is 35.4 Å². The third-order valence-electron chi connectivity index (χ3n) is 3.57. The van der Waals surface area contributed by atoms with Crippen molar-refractivity contribution in [3.63, 3.8) is 0 Å². The van der Waals surface area contributed by atoms with Crippen LogP contribution in [0.3, 0.4) is 0 Å². The summed E-state index contributed by atoms with van der Waals surface area (Å²) in [4.78, 5) is 0. The third kappa shape index (κ3) is 1.65. The van der Waals surface area contributed by atoms with E-state index in [1.54, 1.807) is 11.1 Å². The standard InChI is InChI=1S/C16H16/c1-2-7-13(8-3-1)16-12-6-10-14-9-4-5-11-15(14)16/h1-5,7-9,11,16H,6,10,12H2. The second kappa shape index (κ2) is 4.13. The lowest BCUT2D eigenvalue weighted by molar-refractivity contribution is 0.616. The van der Waals surface area contributed by atoms with Crippen LogP contribution in [0.25, 0.3) is 0 Å². The van der Waals surface area contributed by atoms with E-state index in [0.29, 0.717) is 5.92 Å². The van der Waals surface area contributed by atoms with Gasteiger partial charge in [0.15, 0.2) is 0 Å². The van der Waals surface area contributed by atoms with Crippen LogP contribution in [-0.4, -0.2) is 0 Å². The Hall–Kier alpha value is -1.56. The Morgan fingerprint density at radius 3 is 2.44 bits per heavy atom. The van der Waals surface area contributed by atoms with Gasteiger partial charge in [-0.15, -0.1) is 0 Å². The average molecular weight is 208 g/mol. The lowest BCUT2D eigenvalue weighted by Gasteiger charge is -2.25. The lowest BCUT2D eigenvalue weighted by Crippen LogP contribution is -2.10. The van der Waals surface area contributed by atoms with E-state index < -0.39 is 0 Å². The first-order valence-electron chi connectivity index (χ1n) is 6.08. The lowest BCUT2D eigenvalue weighted by atomic mass is 9.79. The van der Waals surface area contributed by atoms with Crippen molar-refractivity contribution >= 4 is 0 Å². The first kappa shape index (κ1) is 9.65. The maximum absolute atomic E-state index is 2.30. The van der Waals surface area contributed by atoms with E-state index in [0.717, 1.165) is 0 Å². The maximum Gasteiger partial charge on any atom is 0.00921 e. The third-order valence-corrected chi connectivity index (χ3v) is 3.57. The van der Waals surface area contributed by atoms with Crippen LogP contribution in [-0.2, 0) is 6.42 Å². The molecule has 0 aliphatic heterocycles. The molecule has 0 heterocycles. The number of rotatable bonds is 1. The summed E-state index contributed by atoms with van der Waals surface area (Å²) >= 11 is 0. The summed E-state index contributed by atoms with van der Waals surface area (Å²) < 4.78 is 0. The highest BCUT2D eigenvalue weighted by Gasteiger charge is 2.20. The second-order valence-electron chi connectivity index (χ2n) is 4.55. The highest BCUT2D eigenvalue weighted by molar-refractivity contribution is 5.39. The van der Waals surface area contributed by atoms with Crippen molar-refractivity contribution in [2.75, 3.05) is 0 Å². The minimum atomic E-state index is 0.617. The van der Waals surface area contributed by atoms with Crippen molar-refractivity contribution < 1.29 is 0 Å². The van der Waals surface area contributed by atoms with Gasteiger partial charge in [0, 0.05) is 5.92 Å². The van der Waals surface area contributed by atoms with Gasteiger partial charge in [-0.2, -0.15) is 0 Å². The van der Waals surface area contributed by atoms with Crippen molar-refractivity contribution in [3.05, 3.63) is 71.3 Å². The van der Waals surface area contributed by atoms with E-state index in [2.05, 4.69) is 54.6 Å². The fraction of sp³-hybridized carbons (Fsp3) is 0.250. The average Bonchev–Trinajstić information content (AvgIpc) is 2.39. The van der Waals surface area contributed by atoms with Gasteiger partial charge in [-0.3, -0.25) is 0 Å². The molecule has 0 aromatic heterocycles. The fourth-order valence-electron chi connectivity index (χ4n) is 2.79. The summed E-state index contributed by atoms with van der Waals surface area (Å²) in [6, 6.07) is 19.8. The summed E-state index contributed by atoms with van der Waals surface area (Å²) in [6.45, 7) is 0. The summed E-state index contributed by atoms with van der Waals surface area (Å²) in [6.07, 6.45) is 3.86. The molecule has 1 aliphatic rings. The largest absolute Gasteiger partial charge is 0.0622 e. The predicted molar refractivity (Wildman–Crippen MR) is 67.7 cm³/mol. The fourth-order valence-corrected chi connectivity index (χ4v) is 2.79. The van der Waals surface area contributed by atoms with Crippen molar-refractivity contribution in [1.82, 2.24) is 0 Å². The van der Waals surface area contributed by atoms with Crippen LogP contribution in [0.4, 0.5) is 0 Å².